The number of benzene rings is 2. The smallest absolute Gasteiger partial charge is 0.358 e. The average Bonchev–Trinajstić information content (AvgIpc) is 2.89. The number of nitrogens with one attached hydrogen (secondary N) is 2. The predicted octanol–water partition coefficient (Wildman–Crippen LogP) is 4.10. The van der Waals surface area contributed by atoms with Gasteiger partial charge in [0.05, 0.1) is 4.92 Å². The Hall–Kier alpha value is -1.95. The summed E-state index contributed by atoms with van der Waals surface area (Å²) in [5, 5.41) is 16.3. The standard InChI is InChI=1S/C14H9N4O3S.CH3.U/c19-13(15-9-4-3-5-10(8-9)18(20)21)17-14-16-11-6-1-2-7-12(11)22-14;;/h1-5,7-8H,(H2,15,16,17,19);1H3;/q2*-1;+2. The fourth-order valence-corrected chi connectivity index (χ4v) is 2.66. The van der Waals surface area contributed by atoms with Crippen molar-refractivity contribution in [2.75, 3.05) is 10.6 Å². The van der Waals surface area contributed by atoms with Gasteiger partial charge in [0.2, 0.25) is 0 Å². The van der Waals surface area contributed by atoms with Gasteiger partial charge in [0.25, 0.3) is 5.69 Å². The first-order valence-corrected chi connectivity index (χ1v) is 7.03. The Morgan fingerprint density at radius 2 is 2.04 bits per heavy atom. The monoisotopic (exact) mass is 566 g/mol. The van der Waals surface area contributed by atoms with Crippen LogP contribution >= 0.6 is 11.3 Å². The molecule has 1 heterocycles. The van der Waals surface area contributed by atoms with Gasteiger partial charge < -0.3 is 12.7 Å². The SMILES string of the molecule is O=C(Nc1cccc([N+](=O)[O-])c1)Nc1nc2[c-]cccc2s1.[CH3-].[U+2]. The molecule has 0 saturated carbocycles. The van der Waals surface area contributed by atoms with Crippen LogP contribution < -0.4 is 10.6 Å². The van der Waals surface area contributed by atoms with Crippen molar-refractivity contribution in [3.8, 4) is 0 Å². The van der Waals surface area contributed by atoms with Crippen molar-refractivity contribution in [2.45, 2.75) is 0 Å². The molecule has 3 aromatic rings. The molecule has 0 bridgehead atoms. The first kappa shape index (κ1) is 20.1. The molecule has 0 atom stereocenters. The van der Waals surface area contributed by atoms with E-state index in [1.807, 2.05) is 12.1 Å². The minimum atomic E-state index is -0.521. The zero-order chi connectivity index (χ0) is 15.5. The van der Waals surface area contributed by atoms with E-state index in [0.717, 1.165) is 4.70 Å². The minimum Gasteiger partial charge on any atom is -0.358 e. The Bertz CT molecular complexity index is 836. The van der Waals surface area contributed by atoms with Crippen LogP contribution in [0.15, 0.2) is 42.5 Å². The van der Waals surface area contributed by atoms with Gasteiger partial charge in [-0.05, 0) is 11.6 Å². The molecule has 3 rings (SSSR count). The van der Waals surface area contributed by atoms with Crippen LogP contribution in [0, 0.1) is 54.7 Å². The van der Waals surface area contributed by atoms with Crippen molar-refractivity contribution >= 4 is 44.1 Å². The Morgan fingerprint density at radius 3 is 2.75 bits per heavy atom. The fourth-order valence-electron chi connectivity index (χ4n) is 1.82. The maximum absolute atomic E-state index is 11.9. The predicted molar refractivity (Wildman–Crippen MR) is 90.6 cm³/mol. The Labute approximate surface area is 166 Å². The number of rotatable bonds is 3. The van der Waals surface area contributed by atoms with Gasteiger partial charge in [-0.15, -0.1) is 0 Å². The third-order valence-corrected chi connectivity index (χ3v) is 3.69. The number of urea groups is 1. The largest absolute Gasteiger partial charge is 2.00 e. The van der Waals surface area contributed by atoms with E-state index in [1.165, 1.54) is 29.5 Å². The third kappa shape index (κ3) is 4.77. The summed E-state index contributed by atoms with van der Waals surface area (Å²) in [5.74, 6) is 0. The van der Waals surface area contributed by atoms with Gasteiger partial charge in [-0.2, -0.15) is 35.6 Å². The molecule has 2 aromatic carbocycles. The second-order valence-corrected chi connectivity index (χ2v) is 5.32. The van der Waals surface area contributed by atoms with Crippen LogP contribution in [-0.2, 0) is 0 Å². The summed E-state index contributed by atoms with van der Waals surface area (Å²) >= 11 is 1.32. The van der Waals surface area contributed by atoms with E-state index in [2.05, 4.69) is 21.7 Å². The van der Waals surface area contributed by atoms with E-state index in [4.69, 9.17) is 0 Å². The van der Waals surface area contributed by atoms with Gasteiger partial charge in [0.15, 0.2) is 5.13 Å². The molecular formula is C15H12N4O3SU. The van der Waals surface area contributed by atoms with Crippen molar-refractivity contribution in [3.63, 3.8) is 0 Å². The summed E-state index contributed by atoms with van der Waals surface area (Å²) < 4.78 is 0.910. The van der Waals surface area contributed by atoms with E-state index in [9.17, 15) is 14.9 Å². The number of hydrogen-bond acceptors (Lipinski definition) is 5. The van der Waals surface area contributed by atoms with Crippen molar-refractivity contribution < 1.29 is 40.8 Å². The molecule has 0 unspecified atom stereocenters. The van der Waals surface area contributed by atoms with Crippen LogP contribution in [0.5, 0.6) is 0 Å². The zero-order valence-corrected chi connectivity index (χ0v) is 17.5. The Kier molecular flexibility index (Phi) is 7.35. The average molecular weight is 566 g/mol. The quantitative estimate of drug-likeness (QED) is 0.284. The molecule has 0 aliphatic heterocycles. The van der Waals surface area contributed by atoms with E-state index < -0.39 is 11.0 Å². The van der Waals surface area contributed by atoms with Crippen molar-refractivity contribution in [1.82, 2.24) is 4.98 Å². The van der Waals surface area contributed by atoms with E-state index in [1.54, 1.807) is 12.1 Å². The van der Waals surface area contributed by atoms with E-state index in [0.29, 0.717) is 16.3 Å². The molecule has 7 nitrogen and oxygen atoms in total. The topological polar surface area (TPSA) is 97.2 Å². The molecule has 9 heteroatoms. The molecular weight excluding hydrogens is 554 g/mol. The molecule has 0 fully saturated rings. The van der Waals surface area contributed by atoms with Crippen LogP contribution in [0.25, 0.3) is 10.2 Å². The molecule has 24 heavy (non-hydrogen) atoms. The number of carbonyl (C=O) groups excluding carboxylic acids is 1. The second kappa shape index (κ2) is 8.78. The van der Waals surface area contributed by atoms with Crippen LogP contribution in [0.4, 0.5) is 21.3 Å². The van der Waals surface area contributed by atoms with Crippen LogP contribution in [-0.4, -0.2) is 15.9 Å². The van der Waals surface area contributed by atoms with Gasteiger partial charge in [-0.3, -0.25) is 15.4 Å². The number of amides is 2. The number of nitro groups is 1. The molecule has 120 valence electrons. The van der Waals surface area contributed by atoms with Crippen LogP contribution in [0.3, 0.4) is 0 Å². The molecule has 2 N–H and O–H groups in total. The molecule has 0 aliphatic carbocycles. The third-order valence-electron chi connectivity index (χ3n) is 2.75. The number of fused-ring (bicyclic) bond motifs is 1. The zero-order valence-electron chi connectivity index (χ0n) is 12.6. The first-order chi connectivity index (χ1) is 10.6. The maximum atomic E-state index is 11.9. The summed E-state index contributed by atoms with van der Waals surface area (Å²) in [6.45, 7) is 0. The van der Waals surface area contributed by atoms with Gasteiger partial charge in [0, 0.05) is 17.8 Å². The molecule has 0 radical (unpaired) electrons. The molecule has 0 saturated heterocycles. The van der Waals surface area contributed by atoms with Crippen molar-refractivity contribution in [3.05, 3.63) is 66.1 Å². The van der Waals surface area contributed by atoms with Gasteiger partial charge in [0.1, 0.15) is 0 Å². The molecule has 2 amide bonds. The van der Waals surface area contributed by atoms with Crippen LogP contribution in [0.1, 0.15) is 0 Å². The van der Waals surface area contributed by atoms with Crippen molar-refractivity contribution in [2.24, 2.45) is 0 Å². The van der Waals surface area contributed by atoms with Crippen molar-refractivity contribution in [1.29, 1.82) is 0 Å². The molecule has 1 aromatic heterocycles. The number of nitro benzene ring substituents is 1. The van der Waals surface area contributed by atoms with Gasteiger partial charge in [-0.25, -0.2) is 9.78 Å². The van der Waals surface area contributed by atoms with E-state index >= 15 is 0 Å². The first-order valence-electron chi connectivity index (χ1n) is 6.21. The number of carbonyl (C=O) groups is 1. The second-order valence-electron chi connectivity index (χ2n) is 4.29. The number of hydrogen-bond donors (Lipinski definition) is 2. The molecule has 0 aliphatic rings. The summed E-state index contributed by atoms with van der Waals surface area (Å²) in [5.41, 5.74) is 0.921. The summed E-state index contributed by atoms with van der Waals surface area (Å²) in [6, 6.07) is 13.6. The van der Waals surface area contributed by atoms with Gasteiger partial charge in [-0.1, -0.05) is 10.8 Å². The number of non-ortho nitro benzene ring substituents is 1. The van der Waals surface area contributed by atoms with E-state index in [-0.39, 0.29) is 44.2 Å². The summed E-state index contributed by atoms with van der Waals surface area (Å²) in [7, 11) is 0. The maximum Gasteiger partial charge on any atom is 2.00 e. The summed E-state index contributed by atoms with van der Waals surface area (Å²) in [4.78, 5) is 26.3. The number of thiazole rings is 1. The number of anilines is 2. The normalized spacial score (nSPS) is 9.50. The fraction of sp³-hybridized carbons (Fsp3) is 0. The van der Waals surface area contributed by atoms with Crippen LogP contribution in [0.2, 0.25) is 0 Å². The summed E-state index contributed by atoms with van der Waals surface area (Å²) in [6.07, 6.45) is 0. The number of aromatic nitrogens is 1. The Morgan fingerprint density at radius 1 is 1.25 bits per heavy atom. The number of nitrogens with zero attached hydrogens (tertiary/aromatic N) is 2. The minimum absolute atomic E-state index is 0. The molecule has 0 spiro atoms. The number of para-hydroxylation sites is 1. The van der Waals surface area contributed by atoms with Gasteiger partial charge >= 0.3 is 37.1 Å². The Balaban J connectivity index is 0.00000144.